The number of hydrogen-bond donors (Lipinski definition) is 1. The van der Waals surface area contributed by atoms with Crippen LogP contribution in [0.2, 0.25) is 5.02 Å². The number of aryl methyl sites for hydroxylation is 1. The molecule has 2 aromatic carbocycles. The molecule has 1 N–H and O–H groups in total. The van der Waals surface area contributed by atoms with Crippen molar-refractivity contribution >= 4 is 29.2 Å². The van der Waals surface area contributed by atoms with Crippen LogP contribution in [0.15, 0.2) is 53.1 Å². The lowest BCUT2D eigenvalue weighted by Gasteiger charge is -2.22. The zero-order valence-corrected chi connectivity index (χ0v) is 19.3. The highest BCUT2D eigenvalue weighted by atomic mass is 35.5. The van der Waals surface area contributed by atoms with Gasteiger partial charge in [-0.3, -0.25) is 4.79 Å². The van der Waals surface area contributed by atoms with E-state index in [1.807, 2.05) is 0 Å². The molecule has 1 aromatic heterocycles. The predicted octanol–water partition coefficient (Wildman–Crippen LogP) is 4.62. The van der Waals surface area contributed by atoms with Crippen LogP contribution < -0.4 is 5.32 Å². The number of carbonyl (C=O) groups excluding carboxylic acids is 2. The minimum absolute atomic E-state index is 0.0400. The van der Waals surface area contributed by atoms with Gasteiger partial charge in [0.25, 0.3) is 0 Å². The van der Waals surface area contributed by atoms with E-state index in [1.165, 1.54) is 12.1 Å². The first-order valence-corrected chi connectivity index (χ1v) is 11.5. The van der Waals surface area contributed by atoms with Crippen molar-refractivity contribution in [3.63, 3.8) is 0 Å². The molecule has 10 heteroatoms. The van der Waals surface area contributed by atoms with Crippen LogP contribution >= 0.6 is 11.6 Å². The molecular weight excluding hydrogens is 461 g/mol. The number of rotatable bonds is 6. The summed E-state index contributed by atoms with van der Waals surface area (Å²) in [6, 6.07) is 12.6. The summed E-state index contributed by atoms with van der Waals surface area (Å²) >= 11 is 5.88. The molecule has 0 radical (unpaired) electrons. The highest BCUT2D eigenvalue weighted by molar-refractivity contribution is 6.30. The summed E-state index contributed by atoms with van der Waals surface area (Å²) in [4.78, 5) is 33.1. The van der Waals surface area contributed by atoms with Crippen LogP contribution in [0.1, 0.15) is 25.2 Å². The molecule has 178 valence electrons. The number of nitrogens with zero attached hydrogens (tertiary/aromatic N) is 4. The largest absolute Gasteiger partial charge is 0.341 e. The Balaban J connectivity index is 1.21. The van der Waals surface area contributed by atoms with E-state index in [9.17, 15) is 14.0 Å². The SMILES string of the molecule is O=C(CCCc1nc(-c2ccc(F)cc2)no1)N1CCCN(C(=O)Nc2ccc(Cl)cc2)CC1. The van der Waals surface area contributed by atoms with Crippen molar-refractivity contribution in [1.29, 1.82) is 0 Å². The Morgan fingerprint density at radius 2 is 1.71 bits per heavy atom. The topological polar surface area (TPSA) is 91.6 Å². The number of nitrogens with one attached hydrogen (secondary N) is 1. The number of halogens is 2. The number of carbonyl (C=O) groups is 2. The molecule has 0 aliphatic carbocycles. The van der Waals surface area contributed by atoms with Gasteiger partial charge in [-0.05, 0) is 61.4 Å². The van der Waals surface area contributed by atoms with Gasteiger partial charge in [0.1, 0.15) is 5.82 Å². The first-order chi connectivity index (χ1) is 16.5. The summed E-state index contributed by atoms with van der Waals surface area (Å²) in [7, 11) is 0. The van der Waals surface area contributed by atoms with Crippen LogP contribution in [-0.4, -0.2) is 58.1 Å². The van der Waals surface area contributed by atoms with Gasteiger partial charge in [-0.15, -0.1) is 0 Å². The lowest BCUT2D eigenvalue weighted by Crippen LogP contribution is -2.39. The molecule has 1 saturated heterocycles. The van der Waals surface area contributed by atoms with Gasteiger partial charge in [-0.25, -0.2) is 9.18 Å². The summed E-state index contributed by atoms with van der Waals surface area (Å²) in [5.74, 6) is 0.543. The van der Waals surface area contributed by atoms with Crippen LogP contribution in [-0.2, 0) is 11.2 Å². The lowest BCUT2D eigenvalue weighted by molar-refractivity contribution is -0.131. The zero-order valence-electron chi connectivity index (χ0n) is 18.5. The van der Waals surface area contributed by atoms with Crippen LogP contribution in [0, 0.1) is 5.82 Å². The fourth-order valence-electron chi connectivity index (χ4n) is 3.73. The summed E-state index contributed by atoms with van der Waals surface area (Å²) in [6.07, 6.45) is 2.11. The number of urea groups is 1. The van der Waals surface area contributed by atoms with Crippen LogP contribution in [0.25, 0.3) is 11.4 Å². The third kappa shape index (κ3) is 6.32. The van der Waals surface area contributed by atoms with Crippen molar-refractivity contribution in [2.75, 3.05) is 31.5 Å². The Morgan fingerprint density at radius 3 is 2.47 bits per heavy atom. The van der Waals surface area contributed by atoms with E-state index in [-0.39, 0.29) is 17.8 Å². The number of aromatic nitrogens is 2. The van der Waals surface area contributed by atoms with E-state index in [0.29, 0.717) is 79.9 Å². The van der Waals surface area contributed by atoms with Crippen LogP contribution in [0.5, 0.6) is 0 Å². The minimum atomic E-state index is -0.329. The van der Waals surface area contributed by atoms with Gasteiger partial charge in [0.15, 0.2) is 0 Å². The monoisotopic (exact) mass is 485 g/mol. The molecule has 3 aromatic rings. The van der Waals surface area contributed by atoms with Crippen molar-refractivity contribution in [3.8, 4) is 11.4 Å². The second-order valence-corrected chi connectivity index (χ2v) is 8.47. The Kier molecular flexibility index (Phi) is 7.74. The summed E-state index contributed by atoms with van der Waals surface area (Å²) in [5, 5.41) is 7.39. The number of benzene rings is 2. The molecular formula is C24H25ClFN5O3. The molecule has 4 rings (SSSR count). The third-order valence-corrected chi connectivity index (χ3v) is 5.84. The third-order valence-electron chi connectivity index (χ3n) is 5.58. The van der Waals surface area contributed by atoms with E-state index in [2.05, 4.69) is 15.5 Å². The van der Waals surface area contributed by atoms with Gasteiger partial charge in [0, 0.05) is 55.3 Å². The van der Waals surface area contributed by atoms with Crippen molar-refractivity contribution in [2.24, 2.45) is 0 Å². The van der Waals surface area contributed by atoms with Gasteiger partial charge < -0.3 is 19.6 Å². The molecule has 0 atom stereocenters. The molecule has 2 heterocycles. The van der Waals surface area contributed by atoms with Gasteiger partial charge in [-0.1, -0.05) is 16.8 Å². The molecule has 34 heavy (non-hydrogen) atoms. The average Bonchev–Trinajstić information content (AvgIpc) is 3.16. The number of amides is 3. The van der Waals surface area contributed by atoms with E-state index in [0.717, 1.165) is 0 Å². The second-order valence-electron chi connectivity index (χ2n) is 8.03. The van der Waals surface area contributed by atoms with E-state index >= 15 is 0 Å². The first kappa shape index (κ1) is 23.7. The summed E-state index contributed by atoms with van der Waals surface area (Å²) < 4.78 is 18.3. The zero-order chi connectivity index (χ0) is 23.9. The van der Waals surface area contributed by atoms with Gasteiger partial charge >= 0.3 is 6.03 Å². The lowest BCUT2D eigenvalue weighted by atomic mass is 10.2. The smallest absolute Gasteiger partial charge is 0.321 e. The fraction of sp³-hybridized carbons (Fsp3) is 0.333. The second kappa shape index (κ2) is 11.1. The standard InChI is InChI=1S/C24H25ClFN5O3/c25-18-7-11-20(12-8-18)27-24(33)31-14-2-13-30(15-16-31)22(32)4-1-3-21-28-23(29-34-21)17-5-9-19(26)10-6-17/h5-12H,1-4,13-16H2,(H,27,33). The van der Waals surface area contributed by atoms with Gasteiger partial charge in [0.05, 0.1) is 0 Å². The maximum absolute atomic E-state index is 13.1. The molecule has 0 unspecified atom stereocenters. The molecule has 1 aliphatic heterocycles. The summed E-state index contributed by atoms with van der Waals surface area (Å²) in [6.45, 7) is 2.15. The average molecular weight is 486 g/mol. The highest BCUT2D eigenvalue weighted by Gasteiger charge is 2.22. The van der Waals surface area contributed by atoms with Crippen LogP contribution in [0.3, 0.4) is 0 Å². The number of hydrogen-bond acceptors (Lipinski definition) is 5. The van der Waals surface area contributed by atoms with E-state index in [1.54, 1.807) is 46.2 Å². The molecule has 1 fully saturated rings. The van der Waals surface area contributed by atoms with Crippen molar-refractivity contribution in [3.05, 3.63) is 65.3 Å². The normalized spacial score (nSPS) is 14.1. The van der Waals surface area contributed by atoms with E-state index in [4.69, 9.17) is 16.1 Å². The maximum atomic E-state index is 13.1. The highest BCUT2D eigenvalue weighted by Crippen LogP contribution is 2.18. The van der Waals surface area contributed by atoms with E-state index < -0.39 is 0 Å². The fourth-order valence-corrected chi connectivity index (χ4v) is 3.85. The molecule has 0 spiro atoms. The molecule has 3 amide bonds. The molecule has 0 bridgehead atoms. The Labute approximate surface area is 201 Å². The Bertz CT molecular complexity index is 1120. The van der Waals surface area contributed by atoms with Gasteiger partial charge in [-0.2, -0.15) is 4.98 Å². The van der Waals surface area contributed by atoms with Crippen molar-refractivity contribution in [2.45, 2.75) is 25.7 Å². The Morgan fingerprint density at radius 1 is 1.00 bits per heavy atom. The minimum Gasteiger partial charge on any atom is -0.341 e. The van der Waals surface area contributed by atoms with Crippen LogP contribution in [0.4, 0.5) is 14.9 Å². The van der Waals surface area contributed by atoms with Crippen molar-refractivity contribution in [1.82, 2.24) is 19.9 Å². The maximum Gasteiger partial charge on any atom is 0.321 e. The Hall–Kier alpha value is -3.46. The van der Waals surface area contributed by atoms with Gasteiger partial charge in [0.2, 0.25) is 17.6 Å². The first-order valence-electron chi connectivity index (χ1n) is 11.2. The predicted molar refractivity (Wildman–Crippen MR) is 126 cm³/mol. The molecule has 8 nitrogen and oxygen atoms in total. The summed E-state index contributed by atoms with van der Waals surface area (Å²) in [5.41, 5.74) is 1.34. The molecule has 1 aliphatic rings. The molecule has 0 saturated carbocycles. The number of anilines is 1. The quantitative estimate of drug-likeness (QED) is 0.550. The van der Waals surface area contributed by atoms with Crippen molar-refractivity contribution < 1.29 is 18.5 Å².